The molecule has 4 heteroatoms. The Morgan fingerprint density at radius 1 is 0.931 bits per heavy atom. The van der Waals surface area contributed by atoms with Crippen LogP contribution < -0.4 is 10.1 Å². The predicted molar refractivity (Wildman–Crippen MR) is 117 cm³/mol. The maximum absolute atomic E-state index is 11.6. The molecule has 0 aliphatic carbocycles. The van der Waals surface area contributed by atoms with Crippen molar-refractivity contribution in [3.63, 3.8) is 0 Å². The third-order valence-electron chi connectivity index (χ3n) is 4.88. The maximum Gasteiger partial charge on any atom is 0.224 e. The van der Waals surface area contributed by atoms with Gasteiger partial charge in [-0.2, -0.15) is 0 Å². The normalized spacial score (nSPS) is 10.8. The molecule has 1 N–H and O–H groups in total. The lowest BCUT2D eigenvalue weighted by molar-refractivity contribution is -0.115. The molecule has 0 saturated heterocycles. The van der Waals surface area contributed by atoms with Gasteiger partial charge in [0.05, 0.1) is 0 Å². The molecule has 1 amide bonds. The molecule has 0 saturated carbocycles. The van der Waals surface area contributed by atoms with E-state index in [0.717, 1.165) is 40.0 Å². The van der Waals surface area contributed by atoms with Crippen molar-refractivity contribution in [1.82, 2.24) is 4.57 Å². The van der Waals surface area contributed by atoms with Crippen LogP contribution >= 0.6 is 0 Å². The first-order valence-electron chi connectivity index (χ1n) is 9.85. The van der Waals surface area contributed by atoms with Crippen LogP contribution in [0.15, 0.2) is 85.1 Å². The van der Waals surface area contributed by atoms with Crippen LogP contribution in [0.4, 0.5) is 5.69 Å². The summed E-state index contributed by atoms with van der Waals surface area (Å²) in [5.41, 5.74) is 4.28. The summed E-state index contributed by atoms with van der Waals surface area (Å²) >= 11 is 0. The molecular weight excluding hydrogens is 360 g/mol. The third kappa shape index (κ3) is 4.66. The molecule has 0 aliphatic rings. The van der Waals surface area contributed by atoms with Gasteiger partial charge in [-0.25, -0.2) is 0 Å². The summed E-state index contributed by atoms with van der Waals surface area (Å²) in [4.78, 5) is 11.6. The molecule has 0 radical (unpaired) electrons. The van der Waals surface area contributed by atoms with E-state index >= 15 is 0 Å². The van der Waals surface area contributed by atoms with E-state index in [0.29, 0.717) is 13.0 Å². The lowest BCUT2D eigenvalue weighted by Crippen LogP contribution is -2.09. The largest absolute Gasteiger partial charge is 0.489 e. The fraction of sp³-hybridized carbons (Fsp3) is 0.160. The molecule has 0 bridgehead atoms. The molecule has 0 atom stereocenters. The van der Waals surface area contributed by atoms with Crippen molar-refractivity contribution in [3.8, 4) is 5.75 Å². The third-order valence-corrected chi connectivity index (χ3v) is 4.88. The van der Waals surface area contributed by atoms with Gasteiger partial charge in [0.1, 0.15) is 12.4 Å². The number of hydrogen-bond donors (Lipinski definition) is 1. The number of nitrogens with one attached hydrogen (secondary N) is 1. The van der Waals surface area contributed by atoms with E-state index in [4.69, 9.17) is 4.74 Å². The number of aromatic nitrogens is 1. The summed E-state index contributed by atoms with van der Waals surface area (Å²) in [6.45, 7) is 3.15. The fourth-order valence-corrected chi connectivity index (χ4v) is 3.34. The Bertz CT molecular complexity index is 1120. The number of fused-ring (bicyclic) bond motifs is 1. The van der Waals surface area contributed by atoms with E-state index in [-0.39, 0.29) is 5.91 Å². The summed E-state index contributed by atoms with van der Waals surface area (Å²) in [7, 11) is 0. The average molecular weight is 384 g/mol. The maximum atomic E-state index is 11.6. The van der Waals surface area contributed by atoms with Crippen molar-refractivity contribution in [2.45, 2.75) is 26.5 Å². The highest BCUT2D eigenvalue weighted by Gasteiger charge is 2.06. The second-order valence-electron chi connectivity index (χ2n) is 7.04. The minimum atomic E-state index is 0.0246. The number of carbonyl (C=O) groups is 1. The number of carbonyl (C=O) groups excluding carboxylic acids is 1. The number of anilines is 1. The number of rotatable bonds is 7. The fourth-order valence-electron chi connectivity index (χ4n) is 3.34. The molecule has 0 fully saturated rings. The molecule has 0 aliphatic heterocycles. The minimum Gasteiger partial charge on any atom is -0.489 e. The Morgan fingerprint density at radius 3 is 2.59 bits per heavy atom. The SMILES string of the molecule is CCC(=O)Nc1cccc(Cn2ccc3cc(OCc4ccccc4)ccc32)c1. The molecule has 4 rings (SSSR count). The number of benzene rings is 3. The van der Waals surface area contributed by atoms with E-state index in [1.54, 1.807) is 0 Å². The van der Waals surface area contributed by atoms with Crippen LogP contribution in [0.2, 0.25) is 0 Å². The number of hydrogen-bond acceptors (Lipinski definition) is 2. The van der Waals surface area contributed by atoms with Crippen LogP contribution in [0.25, 0.3) is 10.9 Å². The molecule has 1 aromatic heterocycles. The summed E-state index contributed by atoms with van der Waals surface area (Å²) in [5, 5.41) is 4.06. The lowest BCUT2D eigenvalue weighted by atomic mass is 10.2. The van der Waals surface area contributed by atoms with Crippen LogP contribution in [0.1, 0.15) is 24.5 Å². The van der Waals surface area contributed by atoms with Gasteiger partial charge in [0, 0.05) is 35.8 Å². The summed E-state index contributed by atoms with van der Waals surface area (Å²) in [6, 6.07) is 26.4. The molecule has 4 nitrogen and oxygen atoms in total. The second kappa shape index (κ2) is 8.65. The van der Waals surface area contributed by atoms with Crippen molar-refractivity contribution in [2.24, 2.45) is 0 Å². The smallest absolute Gasteiger partial charge is 0.224 e. The van der Waals surface area contributed by atoms with E-state index < -0.39 is 0 Å². The van der Waals surface area contributed by atoms with E-state index in [9.17, 15) is 4.79 Å². The van der Waals surface area contributed by atoms with Gasteiger partial charge in [0.15, 0.2) is 0 Å². The molecular formula is C25H24N2O2. The van der Waals surface area contributed by atoms with Gasteiger partial charge in [-0.05, 0) is 47.5 Å². The van der Waals surface area contributed by atoms with Crippen molar-refractivity contribution < 1.29 is 9.53 Å². The van der Waals surface area contributed by atoms with Crippen molar-refractivity contribution in [2.75, 3.05) is 5.32 Å². The molecule has 1 heterocycles. The zero-order valence-electron chi connectivity index (χ0n) is 16.5. The summed E-state index contributed by atoms with van der Waals surface area (Å²) in [5.74, 6) is 0.889. The van der Waals surface area contributed by atoms with Gasteiger partial charge in [-0.1, -0.05) is 49.4 Å². The molecule has 4 aromatic rings. The van der Waals surface area contributed by atoms with Crippen molar-refractivity contribution in [3.05, 3.63) is 96.2 Å². The Labute approximate surface area is 170 Å². The predicted octanol–water partition coefficient (Wildman–Crippen LogP) is 5.62. The Balaban J connectivity index is 1.48. The van der Waals surface area contributed by atoms with Crippen LogP contribution in [0.5, 0.6) is 5.75 Å². The standard InChI is InChI=1S/C25H24N2O2/c1-2-25(28)26-22-10-6-9-20(15-22)17-27-14-13-21-16-23(11-12-24(21)27)29-18-19-7-4-3-5-8-19/h3-16H,2,17-18H2,1H3,(H,26,28). The second-order valence-corrected chi connectivity index (χ2v) is 7.04. The molecule has 3 aromatic carbocycles. The van der Waals surface area contributed by atoms with Gasteiger partial charge >= 0.3 is 0 Å². The summed E-state index contributed by atoms with van der Waals surface area (Å²) in [6.07, 6.45) is 2.56. The molecule has 0 unspecified atom stereocenters. The van der Waals surface area contributed by atoms with Gasteiger partial charge in [-0.3, -0.25) is 4.79 Å². The van der Waals surface area contributed by atoms with E-state index in [1.165, 1.54) is 0 Å². The number of amides is 1. The zero-order valence-corrected chi connectivity index (χ0v) is 16.5. The highest BCUT2D eigenvalue weighted by Crippen LogP contribution is 2.24. The van der Waals surface area contributed by atoms with Crippen LogP contribution in [0.3, 0.4) is 0 Å². The zero-order chi connectivity index (χ0) is 20.1. The number of ether oxygens (including phenoxy) is 1. The lowest BCUT2D eigenvalue weighted by Gasteiger charge is -2.10. The van der Waals surface area contributed by atoms with Gasteiger partial charge < -0.3 is 14.6 Å². The van der Waals surface area contributed by atoms with Gasteiger partial charge in [-0.15, -0.1) is 0 Å². The van der Waals surface area contributed by atoms with E-state index in [1.807, 2.05) is 49.4 Å². The average Bonchev–Trinajstić information content (AvgIpc) is 3.15. The summed E-state index contributed by atoms with van der Waals surface area (Å²) < 4.78 is 8.15. The quantitative estimate of drug-likeness (QED) is 0.450. The number of nitrogens with zero attached hydrogens (tertiary/aromatic N) is 1. The van der Waals surface area contributed by atoms with Gasteiger partial charge in [0.2, 0.25) is 5.91 Å². The first kappa shape index (κ1) is 18.8. The van der Waals surface area contributed by atoms with E-state index in [2.05, 4.69) is 52.5 Å². The first-order valence-corrected chi connectivity index (χ1v) is 9.85. The topological polar surface area (TPSA) is 43.3 Å². The highest BCUT2D eigenvalue weighted by molar-refractivity contribution is 5.90. The van der Waals surface area contributed by atoms with Gasteiger partial charge in [0.25, 0.3) is 0 Å². The Kier molecular flexibility index (Phi) is 5.61. The van der Waals surface area contributed by atoms with Crippen LogP contribution in [0, 0.1) is 0 Å². The first-order chi connectivity index (χ1) is 14.2. The Hall–Kier alpha value is -3.53. The highest BCUT2D eigenvalue weighted by atomic mass is 16.5. The monoisotopic (exact) mass is 384 g/mol. The minimum absolute atomic E-state index is 0.0246. The van der Waals surface area contributed by atoms with Crippen LogP contribution in [-0.2, 0) is 17.9 Å². The molecule has 146 valence electrons. The van der Waals surface area contributed by atoms with Crippen molar-refractivity contribution in [1.29, 1.82) is 0 Å². The van der Waals surface area contributed by atoms with Crippen LogP contribution in [-0.4, -0.2) is 10.5 Å². The Morgan fingerprint density at radius 2 is 1.76 bits per heavy atom. The van der Waals surface area contributed by atoms with Crippen molar-refractivity contribution >= 4 is 22.5 Å². The molecule has 29 heavy (non-hydrogen) atoms. The molecule has 0 spiro atoms.